The first kappa shape index (κ1) is 13.5. The molecular formula is C7H16ClNO2. The second-order valence-electron chi connectivity index (χ2n) is 2.04. The SMILES string of the molecule is C=CCN(CCO)CCO.Cl. The number of aliphatic hydroxyl groups excluding tert-OH is 2. The van der Waals surface area contributed by atoms with Crippen molar-refractivity contribution >= 4 is 12.4 Å². The molecule has 0 heterocycles. The van der Waals surface area contributed by atoms with Gasteiger partial charge in [0.25, 0.3) is 0 Å². The first-order valence-electron chi connectivity index (χ1n) is 3.40. The van der Waals surface area contributed by atoms with E-state index in [9.17, 15) is 0 Å². The Morgan fingerprint density at radius 2 is 1.64 bits per heavy atom. The van der Waals surface area contributed by atoms with Crippen LogP contribution in [0, 0.1) is 0 Å². The van der Waals surface area contributed by atoms with E-state index in [0.29, 0.717) is 13.1 Å². The van der Waals surface area contributed by atoms with Gasteiger partial charge in [0.2, 0.25) is 0 Å². The summed E-state index contributed by atoms with van der Waals surface area (Å²) in [5, 5.41) is 17.1. The van der Waals surface area contributed by atoms with E-state index in [0.717, 1.165) is 6.54 Å². The van der Waals surface area contributed by atoms with Crippen LogP contribution >= 0.6 is 12.4 Å². The smallest absolute Gasteiger partial charge is 0.0558 e. The van der Waals surface area contributed by atoms with Crippen molar-refractivity contribution in [3.05, 3.63) is 12.7 Å². The lowest BCUT2D eigenvalue weighted by molar-refractivity contribution is 0.172. The molecule has 0 aromatic rings. The maximum absolute atomic E-state index is 8.53. The van der Waals surface area contributed by atoms with Crippen LogP contribution in [0.4, 0.5) is 0 Å². The highest BCUT2D eigenvalue weighted by molar-refractivity contribution is 5.85. The fraction of sp³-hybridized carbons (Fsp3) is 0.714. The summed E-state index contributed by atoms with van der Waals surface area (Å²) < 4.78 is 0. The molecule has 0 atom stereocenters. The zero-order valence-electron chi connectivity index (χ0n) is 6.57. The number of hydrogen-bond acceptors (Lipinski definition) is 3. The van der Waals surface area contributed by atoms with Crippen LogP contribution in [0.25, 0.3) is 0 Å². The fourth-order valence-electron chi connectivity index (χ4n) is 0.760. The van der Waals surface area contributed by atoms with Crippen LogP contribution in [0.5, 0.6) is 0 Å². The zero-order valence-corrected chi connectivity index (χ0v) is 7.39. The minimum absolute atomic E-state index is 0. The molecule has 68 valence electrons. The minimum atomic E-state index is 0. The van der Waals surface area contributed by atoms with Crippen LogP contribution < -0.4 is 0 Å². The molecular weight excluding hydrogens is 166 g/mol. The molecule has 0 amide bonds. The van der Waals surface area contributed by atoms with Gasteiger partial charge in [-0.15, -0.1) is 19.0 Å². The molecule has 0 fully saturated rings. The van der Waals surface area contributed by atoms with Gasteiger partial charge >= 0.3 is 0 Å². The van der Waals surface area contributed by atoms with Gasteiger partial charge in [0, 0.05) is 19.6 Å². The molecule has 3 nitrogen and oxygen atoms in total. The van der Waals surface area contributed by atoms with Crippen molar-refractivity contribution in [1.82, 2.24) is 4.90 Å². The molecule has 0 unspecified atom stereocenters. The highest BCUT2D eigenvalue weighted by Crippen LogP contribution is 1.85. The summed E-state index contributed by atoms with van der Waals surface area (Å²) in [6.07, 6.45) is 1.76. The Hall–Kier alpha value is -0.0900. The lowest BCUT2D eigenvalue weighted by atomic mass is 10.4. The molecule has 0 bridgehead atoms. The van der Waals surface area contributed by atoms with Crippen LogP contribution in [0.1, 0.15) is 0 Å². The molecule has 11 heavy (non-hydrogen) atoms. The number of nitrogens with zero attached hydrogens (tertiary/aromatic N) is 1. The molecule has 0 aromatic heterocycles. The summed E-state index contributed by atoms with van der Waals surface area (Å²) in [5.74, 6) is 0. The van der Waals surface area contributed by atoms with Gasteiger partial charge < -0.3 is 10.2 Å². The highest BCUT2D eigenvalue weighted by Gasteiger charge is 1.98. The summed E-state index contributed by atoms with van der Waals surface area (Å²) in [4.78, 5) is 1.92. The third kappa shape index (κ3) is 7.81. The summed E-state index contributed by atoms with van der Waals surface area (Å²) in [6, 6.07) is 0. The van der Waals surface area contributed by atoms with Gasteiger partial charge in [-0.1, -0.05) is 6.08 Å². The fourth-order valence-corrected chi connectivity index (χ4v) is 0.760. The molecule has 2 N–H and O–H groups in total. The minimum Gasteiger partial charge on any atom is -0.395 e. The van der Waals surface area contributed by atoms with Crippen molar-refractivity contribution < 1.29 is 10.2 Å². The van der Waals surface area contributed by atoms with Crippen molar-refractivity contribution in [3.63, 3.8) is 0 Å². The van der Waals surface area contributed by atoms with E-state index in [1.165, 1.54) is 0 Å². The van der Waals surface area contributed by atoms with Gasteiger partial charge in [0.15, 0.2) is 0 Å². The van der Waals surface area contributed by atoms with Crippen LogP contribution in [-0.2, 0) is 0 Å². The summed E-state index contributed by atoms with van der Waals surface area (Å²) in [7, 11) is 0. The molecule has 0 aromatic carbocycles. The maximum atomic E-state index is 8.53. The number of halogens is 1. The van der Waals surface area contributed by atoms with Gasteiger partial charge in [0.1, 0.15) is 0 Å². The molecule has 0 saturated heterocycles. The summed E-state index contributed by atoms with van der Waals surface area (Å²) in [5.41, 5.74) is 0. The van der Waals surface area contributed by atoms with E-state index < -0.39 is 0 Å². The number of hydrogen-bond donors (Lipinski definition) is 2. The van der Waals surface area contributed by atoms with E-state index in [1.54, 1.807) is 6.08 Å². The Labute approximate surface area is 73.7 Å². The predicted octanol–water partition coefficient (Wildman–Crippen LogP) is -0.119. The Kier molecular flexibility index (Phi) is 12.2. The van der Waals surface area contributed by atoms with E-state index in [1.807, 2.05) is 4.90 Å². The van der Waals surface area contributed by atoms with Crippen molar-refractivity contribution in [2.75, 3.05) is 32.8 Å². The van der Waals surface area contributed by atoms with Crippen LogP contribution in [0.15, 0.2) is 12.7 Å². The summed E-state index contributed by atoms with van der Waals surface area (Å²) in [6.45, 7) is 5.76. The van der Waals surface area contributed by atoms with Crippen LogP contribution in [0.2, 0.25) is 0 Å². The average Bonchev–Trinajstić information content (AvgIpc) is 1.90. The number of rotatable bonds is 6. The number of aliphatic hydroxyl groups is 2. The molecule has 0 aliphatic heterocycles. The van der Waals surface area contributed by atoms with Crippen molar-refractivity contribution in [1.29, 1.82) is 0 Å². The molecule has 0 aliphatic rings. The van der Waals surface area contributed by atoms with Crippen molar-refractivity contribution in [2.24, 2.45) is 0 Å². The summed E-state index contributed by atoms with van der Waals surface area (Å²) >= 11 is 0. The van der Waals surface area contributed by atoms with Gasteiger partial charge in [-0.25, -0.2) is 0 Å². The van der Waals surface area contributed by atoms with E-state index in [4.69, 9.17) is 10.2 Å². The molecule has 4 heteroatoms. The standard InChI is InChI=1S/C7H15NO2.ClH/c1-2-3-8(4-6-9)5-7-10;/h2,9-10H,1,3-7H2;1H. The van der Waals surface area contributed by atoms with Gasteiger partial charge in [-0.3, -0.25) is 4.90 Å². The van der Waals surface area contributed by atoms with Crippen molar-refractivity contribution in [2.45, 2.75) is 0 Å². The van der Waals surface area contributed by atoms with Crippen LogP contribution in [0.3, 0.4) is 0 Å². The second kappa shape index (κ2) is 9.91. The molecule has 0 spiro atoms. The monoisotopic (exact) mass is 181 g/mol. The molecule has 0 saturated carbocycles. The third-order valence-corrected chi connectivity index (χ3v) is 1.22. The van der Waals surface area contributed by atoms with Crippen molar-refractivity contribution in [3.8, 4) is 0 Å². The Balaban J connectivity index is 0. The van der Waals surface area contributed by atoms with E-state index in [-0.39, 0.29) is 25.6 Å². The van der Waals surface area contributed by atoms with Gasteiger partial charge in [-0.05, 0) is 0 Å². The Morgan fingerprint density at radius 1 is 1.18 bits per heavy atom. The van der Waals surface area contributed by atoms with E-state index >= 15 is 0 Å². The Morgan fingerprint density at radius 3 is 1.91 bits per heavy atom. The normalized spacial score (nSPS) is 9.36. The van der Waals surface area contributed by atoms with Gasteiger partial charge in [-0.2, -0.15) is 0 Å². The zero-order chi connectivity index (χ0) is 7.82. The third-order valence-electron chi connectivity index (χ3n) is 1.22. The highest BCUT2D eigenvalue weighted by atomic mass is 35.5. The second-order valence-corrected chi connectivity index (χ2v) is 2.04. The van der Waals surface area contributed by atoms with Gasteiger partial charge in [0.05, 0.1) is 13.2 Å². The lowest BCUT2D eigenvalue weighted by Crippen LogP contribution is -2.29. The van der Waals surface area contributed by atoms with E-state index in [2.05, 4.69) is 6.58 Å². The largest absolute Gasteiger partial charge is 0.395 e. The predicted molar refractivity (Wildman–Crippen MR) is 48.1 cm³/mol. The first-order chi connectivity index (χ1) is 4.85. The first-order valence-corrected chi connectivity index (χ1v) is 3.40. The molecule has 0 radical (unpaired) electrons. The quantitative estimate of drug-likeness (QED) is 0.562. The lowest BCUT2D eigenvalue weighted by Gasteiger charge is -2.17. The Bertz CT molecular complexity index is 84.5. The molecule has 0 aliphatic carbocycles. The topological polar surface area (TPSA) is 43.7 Å². The maximum Gasteiger partial charge on any atom is 0.0558 e. The molecule has 0 rings (SSSR count). The average molecular weight is 182 g/mol. The van der Waals surface area contributed by atoms with Crippen LogP contribution in [-0.4, -0.2) is 48.0 Å².